The molecule has 0 heterocycles. The summed E-state index contributed by atoms with van der Waals surface area (Å²) in [6.45, 7) is 1.90. The van der Waals surface area contributed by atoms with Crippen LogP contribution in [0.2, 0.25) is 0 Å². The largest absolute Gasteiger partial charge is 0.310 e. The van der Waals surface area contributed by atoms with E-state index in [1.54, 1.807) is 42.5 Å². The number of hydrogen-bond acceptors (Lipinski definition) is 3. The Kier molecular flexibility index (Phi) is 4.46. The Morgan fingerprint density at radius 1 is 0.762 bits per heavy atom. The van der Waals surface area contributed by atoms with Gasteiger partial charge in [-0.25, -0.2) is 0 Å². The van der Waals surface area contributed by atoms with Crippen molar-refractivity contribution < 1.29 is 14.4 Å². The van der Waals surface area contributed by atoms with Crippen LogP contribution in [0.25, 0.3) is 0 Å². The van der Waals surface area contributed by atoms with E-state index in [0.717, 1.165) is 5.56 Å². The van der Waals surface area contributed by atoms with Gasteiger partial charge in [-0.3, -0.25) is 25.2 Å². The van der Waals surface area contributed by atoms with Gasteiger partial charge >= 0.3 is 5.91 Å². The Morgan fingerprint density at radius 2 is 1.38 bits per heavy atom. The van der Waals surface area contributed by atoms with Gasteiger partial charge in [0.25, 0.3) is 11.7 Å². The fraction of sp³-hybridized carbons (Fsp3) is 0.0625. The zero-order valence-corrected chi connectivity index (χ0v) is 11.4. The van der Waals surface area contributed by atoms with E-state index in [4.69, 9.17) is 0 Å². The molecule has 0 atom stereocenters. The van der Waals surface area contributed by atoms with Gasteiger partial charge in [-0.05, 0) is 19.1 Å². The van der Waals surface area contributed by atoms with Gasteiger partial charge in [0.15, 0.2) is 0 Å². The second kappa shape index (κ2) is 6.47. The van der Waals surface area contributed by atoms with Crippen LogP contribution in [0.1, 0.15) is 26.3 Å². The summed E-state index contributed by atoms with van der Waals surface area (Å²) in [5.74, 6) is -2.08. The standard InChI is InChI=1S/C16H14N2O3/c1-11-7-9-13(10-8-11)15(20)17-18-16(21)14(19)12-5-3-2-4-6-12/h2-10H,1H3,(H,17,20)(H,18,21). The number of benzene rings is 2. The molecule has 2 aromatic carbocycles. The second-order valence-corrected chi connectivity index (χ2v) is 4.47. The maximum absolute atomic E-state index is 11.8. The quantitative estimate of drug-likeness (QED) is 0.510. The lowest BCUT2D eigenvalue weighted by Gasteiger charge is -2.07. The Bertz CT molecular complexity index is 664. The third kappa shape index (κ3) is 3.76. The van der Waals surface area contributed by atoms with Crippen LogP contribution in [0.3, 0.4) is 0 Å². The van der Waals surface area contributed by atoms with Gasteiger partial charge in [-0.1, -0.05) is 48.0 Å². The van der Waals surface area contributed by atoms with Crippen molar-refractivity contribution in [3.05, 3.63) is 71.3 Å². The number of aryl methyl sites for hydroxylation is 1. The zero-order valence-electron chi connectivity index (χ0n) is 11.4. The van der Waals surface area contributed by atoms with Crippen molar-refractivity contribution >= 4 is 17.6 Å². The molecule has 0 aromatic heterocycles. The third-order valence-electron chi connectivity index (χ3n) is 2.85. The SMILES string of the molecule is Cc1ccc(C(=O)NNC(=O)C(=O)c2ccccc2)cc1. The summed E-state index contributed by atoms with van der Waals surface area (Å²) in [7, 11) is 0. The summed E-state index contributed by atoms with van der Waals surface area (Å²) < 4.78 is 0. The fourth-order valence-electron chi connectivity index (χ4n) is 1.67. The van der Waals surface area contributed by atoms with Crippen molar-refractivity contribution in [1.29, 1.82) is 0 Å². The molecule has 0 aliphatic heterocycles. The molecular weight excluding hydrogens is 268 g/mol. The van der Waals surface area contributed by atoms with E-state index in [1.165, 1.54) is 12.1 Å². The van der Waals surface area contributed by atoms with E-state index in [2.05, 4.69) is 10.9 Å². The first-order valence-corrected chi connectivity index (χ1v) is 6.34. The normalized spacial score (nSPS) is 9.76. The number of rotatable bonds is 3. The molecule has 2 aromatic rings. The van der Waals surface area contributed by atoms with Gasteiger partial charge in [0.2, 0.25) is 0 Å². The summed E-state index contributed by atoms with van der Waals surface area (Å²) in [4.78, 5) is 35.2. The molecule has 21 heavy (non-hydrogen) atoms. The van der Waals surface area contributed by atoms with E-state index < -0.39 is 17.6 Å². The summed E-state index contributed by atoms with van der Waals surface area (Å²) in [5.41, 5.74) is 6.00. The van der Waals surface area contributed by atoms with E-state index in [9.17, 15) is 14.4 Å². The van der Waals surface area contributed by atoms with E-state index in [-0.39, 0.29) is 5.56 Å². The van der Waals surface area contributed by atoms with Crippen LogP contribution in [0, 0.1) is 6.92 Å². The number of carbonyl (C=O) groups is 3. The van der Waals surface area contributed by atoms with Crippen LogP contribution in [-0.4, -0.2) is 17.6 Å². The lowest BCUT2D eigenvalue weighted by atomic mass is 10.1. The van der Waals surface area contributed by atoms with E-state index in [1.807, 2.05) is 6.92 Å². The lowest BCUT2D eigenvalue weighted by molar-refractivity contribution is -0.117. The molecule has 0 saturated heterocycles. The number of carbonyl (C=O) groups excluding carboxylic acids is 3. The highest BCUT2D eigenvalue weighted by Gasteiger charge is 2.16. The van der Waals surface area contributed by atoms with Crippen molar-refractivity contribution in [2.24, 2.45) is 0 Å². The Morgan fingerprint density at radius 3 is 2.00 bits per heavy atom. The smallest absolute Gasteiger partial charge is 0.283 e. The number of hydrogen-bond donors (Lipinski definition) is 2. The molecule has 2 N–H and O–H groups in total. The minimum atomic E-state index is -0.887. The van der Waals surface area contributed by atoms with Gasteiger partial charge in [-0.15, -0.1) is 0 Å². The van der Waals surface area contributed by atoms with Crippen molar-refractivity contribution in [3.8, 4) is 0 Å². The molecule has 0 radical (unpaired) electrons. The highest BCUT2D eigenvalue weighted by Crippen LogP contribution is 2.02. The van der Waals surface area contributed by atoms with E-state index in [0.29, 0.717) is 5.56 Å². The van der Waals surface area contributed by atoms with Crippen LogP contribution in [0.5, 0.6) is 0 Å². The maximum atomic E-state index is 11.8. The lowest BCUT2D eigenvalue weighted by Crippen LogP contribution is -2.44. The first kappa shape index (κ1) is 14.5. The molecule has 0 fully saturated rings. The number of nitrogens with one attached hydrogen (secondary N) is 2. The predicted octanol–water partition coefficient (Wildman–Crippen LogP) is 1.64. The second-order valence-electron chi connectivity index (χ2n) is 4.47. The molecule has 0 bridgehead atoms. The molecular formula is C16H14N2O3. The van der Waals surface area contributed by atoms with Crippen molar-refractivity contribution in [2.45, 2.75) is 6.92 Å². The maximum Gasteiger partial charge on any atom is 0.310 e. The predicted molar refractivity (Wildman–Crippen MR) is 77.6 cm³/mol. The Balaban J connectivity index is 1.93. The zero-order chi connectivity index (χ0) is 15.2. The van der Waals surface area contributed by atoms with Gasteiger partial charge in [0.1, 0.15) is 0 Å². The van der Waals surface area contributed by atoms with Crippen molar-refractivity contribution in [3.63, 3.8) is 0 Å². The van der Waals surface area contributed by atoms with Crippen LogP contribution < -0.4 is 10.9 Å². The Labute approximate surface area is 122 Å². The number of amides is 2. The van der Waals surface area contributed by atoms with Gasteiger partial charge in [-0.2, -0.15) is 0 Å². The average Bonchev–Trinajstić information content (AvgIpc) is 2.53. The summed E-state index contributed by atoms with van der Waals surface area (Å²) in [5, 5.41) is 0. The molecule has 5 heteroatoms. The number of Topliss-reactive ketones (excluding diaryl/α,β-unsaturated/α-hetero) is 1. The highest BCUT2D eigenvalue weighted by atomic mass is 16.2. The molecule has 0 unspecified atom stereocenters. The minimum Gasteiger partial charge on any atom is -0.283 e. The number of hydrazine groups is 1. The average molecular weight is 282 g/mol. The molecule has 0 spiro atoms. The molecule has 2 amide bonds. The van der Waals surface area contributed by atoms with E-state index >= 15 is 0 Å². The monoisotopic (exact) mass is 282 g/mol. The summed E-state index contributed by atoms with van der Waals surface area (Å²) >= 11 is 0. The molecule has 0 aliphatic rings. The highest BCUT2D eigenvalue weighted by molar-refractivity contribution is 6.42. The van der Waals surface area contributed by atoms with Gasteiger partial charge < -0.3 is 0 Å². The Hall–Kier alpha value is -2.95. The molecule has 0 saturated carbocycles. The molecule has 0 aliphatic carbocycles. The topological polar surface area (TPSA) is 75.3 Å². The summed E-state index contributed by atoms with van der Waals surface area (Å²) in [6.07, 6.45) is 0. The fourth-order valence-corrected chi connectivity index (χ4v) is 1.67. The van der Waals surface area contributed by atoms with Gasteiger partial charge in [0, 0.05) is 11.1 Å². The molecule has 5 nitrogen and oxygen atoms in total. The number of ketones is 1. The van der Waals surface area contributed by atoms with Crippen LogP contribution in [-0.2, 0) is 4.79 Å². The minimum absolute atomic E-state index is 0.264. The van der Waals surface area contributed by atoms with Crippen LogP contribution >= 0.6 is 0 Å². The first-order valence-electron chi connectivity index (χ1n) is 6.34. The van der Waals surface area contributed by atoms with Gasteiger partial charge in [0.05, 0.1) is 0 Å². The van der Waals surface area contributed by atoms with Crippen LogP contribution in [0.15, 0.2) is 54.6 Å². The molecule has 106 valence electrons. The molecule has 2 rings (SSSR count). The van der Waals surface area contributed by atoms with Crippen LogP contribution in [0.4, 0.5) is 0 Å². The van der Waals surface area contributed by atoms with Crippen molar-refractivity contribution in [1.82, 2.24) is 10.9 Å². The van der Waals surface area contributed by atoms with Crippen molar-refractivity contribution in [2.75, 3.05) is 0 Å². The third-order valence-corrected chi connectivity index (χ3v) is 2.85. The first-order chi connectivity index (χ1) is 10.1. The summed E-state index contributed by atoms with van der Waals surface area (Å²) in [6, 6.07) is 15.0.